The van der Waals surface area contributed by atoms with E-state index in [-0.39, 0.29) is 47.3 Å². The van der Waals surface area contributed by atoms with E-state index in [1.165, 1.54) is 151 Å². The fourth-order valence-electron chi connectivity index (χ4n) is 14.6. The Kier molecular flexibility index (Phi) is 40.1. The monoisotopic (exact) mass is 1840 g/mol. The number of hydrogen-bond donors (Lipinski definition) is 0. The Balaban J connectivity index is 0.000000150. The fourth-order valence-corrected chi connectivity index (χ4v) is 19.5. The molecule has 16 rings (SSSR count). The second-order valence-electron chi connectivity index (χ2n) is 31.6. The maximum atomic E-state index is 12.5. The van der Waals surface area contributed by atoms with Crippen molar-refractivity contribution in [2.45, 2.75) is 168 Å². The Morgan fingerprint density at radius 3 is 0.891 bits per heavy atom. The number of unbranched alkanes of at least 4 members (excludes halogenated alkanes) is 10. The average molecular weight is 1840 g/mol. The third kappa shape index (κ3) is 29.7. The van der Waals surface area contributed by atoms with Crippen molar-refractivity contribution in [3.05, 3.63) is 274 Å². The van der Waals surface area contributed by atoms with E-state index >= 15 is 0 Å². The summed E-state index contributed by atoms with van der Waals surface area (Å²) in [4.78, 5) is 112. The average Bonchev–Trinajstić information content (AvgIpc) is 1.68. The Labute approximate surface area is 784 Å². The summed E-state index contributed by atoms with van der Waals surface area (Å²) >= 11 is 9.04. The van der Waals surface area contributed by atoms with E-state index in [0.717, 1.165) is 146 Å². The van der Waals surface area contributed by atoms with Crippen LogP contribution in [0.5, 0.6) is 0 Å². The third-order valence-electron chi connectivity index (χ3n) is 22.2. The number of amides is 6. The normalized spacial score (nSPS) is 12.2. The first-order chi connectivity index (χ1) is 63.0. The molecule has 6 amide bonds. The van der Waals surface area contributed by atoms with Crippen molar-refractivity contribution < 1.29 is 33.2 Å². The number of anilines is 6. The zero-order chi connectivity index (χ0) is 90.9. The molecule has 2 fully saturated rings. The molecule has 2 aliphatic rings. The minimum Gasteiger partial charge on any atom is -0.459 e. The van der Waals surface area contributed by atoms with E-state index in [9.17, 15) is 28.8 Å². The summed E-state index contributed by atoms with van der Waals surface area (Å²) in [6, 6.07) is 72.8. The number of hydrogen-bond acceptors (Lipinski definition) is 19. The quantitative estimate of drug-likeness (QED) is 0.0370. The van der Waals surface area contributed by atoms with Crippen molar-refractivity contribution in [3.8, 4) is 67.5 Å². The van der Waals surface area contributed by atoms with Gasteiger partial charge in [-0.05, 0) is 69.7 Å². The van der Waals surface area contributed by atoms with Gasteiger partial charge < -0.3 is 4.42 Å². The minimum atomic E-state index is -0.170. The molecule has 672 valence electrons. The van der Waals surface area contributed by atoms with Gasteiger partial charge in [0.15, 0.2) is 36.5 Å². The molecule has 0 spiro atoms. The van der Waals surface area contributed by atoms with Gasteiger partial charge >= 0.3 is 0 Å². The molecule has 0 atom stereocenters. The number of carbonyl (C=O) groups excluding carboxylic acids is 6. The molecule has 0 unspecified atom stereocenters. The topological polar surface area (TPSA) is 212 Å². The van der Waals surface area contributed by atoms with Gasteiger partial charge in [-0.15, -0.1) is 68.0 Å². The number of thiazole rings is 6. The van der Waals surface area contributed by atoms with Crippen molar-refractivity contribution in [2.24, 2.45) is 11.8 Å². The second-order valence-corrected chi connectivity index (χ2v) is 36.6. The molecule has 0 aliphatic heterocycles. The first-order valence-corrected chi connectivity index (χ1v) is 50.1. The first-order valence-electron chi connectivity index (χ1n) is 44.8. The molecule has 0 N–H and O–H groups in total. The van der Waals surface area contributed by atoms with Crippen LogP contribution in [0.3, 0.4) is 0 Å². The molecule has 7 aromatic carbocycles. The molecule has 14 aromatic rings. The van der Waals surface area contributed by atoms with Crippen molar-refractivity contribution in [3.63, 3.8) is 0 Å². The predicted octanol–water partition coefficient (Wildman–Crippen LogP) is 27.5. The van der Waals surface area contributed by atoms with Crippen molar-refractivity contribution in [2.75, 3.05) is 71.2 Å². The number of carbonyl (C=O) groups is 6. The summed E-state index contributed by atoms with van der Waals surface area (Å²) in [6.07, 6.45) is 27.4. The molecule has 0 saturated heterocycles. The van der Waals surface area contributed by atoms with E-state index in [1.807, 2.05) is 280 Å². The van der Waals surface area contributed by atoms with Crippen molar-refractivity contribution in [1.29, 1.82) is 0 Å². The molecule has 7 heterocycles. The maximum absolute atomic E-state index is 12.5. The highest BCUT2D eigenvalue weighted by Crippen LogP contribution is 2.37. The smallest absolute Gasteiger partial charge is 0.295 e. The van der Waals surface area contributed by atoms with E-state index < -0.39 is 0 Å². The Hall–Kier alpha value is -11.6. The Bertz CT molecular complexity index is 5620. The standard InChI is InChI=1S/C22H32N2OS.C17H20N2OS.C17H14N2OS.C16H14N2O2S.C16H18N2OS.C16H20N2OS/c1-3-4-5-6-7-8-9-10-14-17-21(25)24(2)22-23-20(18-26-22)19-15-12-11-13-16-19;2*1-19(16(20)14-10-6-3-7-11-14)17-18-15(12-21-17)13-8-4-2-5-9-13;1-2-18(15(19)14-9-6-10-20-14)16-17-13(11-21-16)12-7-4-3-5-8-12;1-18(15(19)13-9-5-6-10-13)16-17-14(11-20-16)12-7-3-2-4-8-12;1-3-4-6-11-15(19)18(2)16-17-14(12-20-16)13-9-7-5-8-10-13/h11-13,15-16,18H,3-10,14,17H2,1-2H3;2,4-5,8-9,12,14H,3,6-7,10-11H2,1H3;2-12H,1H3;3-11H,2H2,1H3;2-4,7-8,11,13H,5-6,9-10H2,1H3;5,7-10,12H,3-4,6,11H2,1-2H3. The summed E-state index contributed by atoms with van der Waals surface area (Å²) in [5, 5.41) is 16.5. The molecular formula is C104H118N12O7S6. The molecule has 2 saturated carbocycles. The Morgan fingerprint density at radius 1 is 0.302 bits per heavy atom. The van der Waals surface area contributed by atoms with E-state index in [0.29, 0.717) is 41.0 Å². The summed E-state index contributed by atoms with van der Waals surface area (Å²) in [6.45, 7) is 6.86. The number of furan rings is 1. The highest BCUT2D eigenvalue weighted by Gasteiger charge is 2.30. The van der Waals surface area contributed by atoms with Gasteiger partial charge in [-0.3, -0.25) is 58.2 Å². The van der Waals surface area contributed by atoms with Gasteiger partial charge in [-0.25, -0.2) is 29.9 Å². The van der Waals surface area contributed by atoms with E-state index in [2.05, 4.69) is 43.8 Å². The van der Waals surface area contributed by atoms with Crippen LogP contribution in [-0.4, -0.2) is 107 Å². The molecule has 129 heavy (non-hydrogen) atoms. The van der Waals surface area contributed by atoms with Crippen LogP contribution in [0.15, 0.2) is 267 Å². The van der Waals surface area contributed by atoms with Crippen LogP contribution < -0.4 is 29.4 Å². The van der Waals surface area contributed by atoms with Crippen molar-refractivity contribution in [1.82, 2.24) is 29.9 Å². The van der Waals surface area contributed by atoms with Crippen LogP contribution in [-0.2, 0) is 19.2 Å². The Morgan fingerprint density at radius 2 is 0.574 bits per heavy atom. The molecule has 0 radical (unpaired) electrons. The molecule has 25 heteroatoms. The summed E-state index contributed by atoms with van der Waals surface area (Å²) < 4.78 is 5.18. The summed E-state index contributed by atoms with van der Waals surface area (Å²) in [7, 11) is 9.09. The zero-order valence-electron chi connectivity index (χ0n) is 75.2. The first kappa shape index (κ1) is 98.0. The zero-order valence-corrected chi connectivity index (χ0v) is 80.1. The van der Waals surface area contributed by atoms with Gasteiger partial charge in [-0.2, -0.15) is 0 Å². The number of aromatic nitrogens is 6. The SMILES string of the molecule is CCCCCC(=O)N(C)c1nc(-c2ccccc2)cs1.CCCCCCCCCCCC(=O)N(C)c1nc(-c2ccccc2)cs1.CCN(C(=O)c1ccco1)c1nc(-c2ccccc2)cs1.CN(C(=O)C1CCCC1)c1nc(-c2ccccc2)cs1.CN(C(=O)C1CCCCC1)c1nc(-c2ccccc2)cs1.CN(C(=O)c1ccccc1)c1nc(-c2ccccc2)cs1. The highest BCUT2D eigenvalue weighted by molar-refractivity contribution is 7.15. The lowest BCUT2D eigenvalue weighted by Crippen LogP contribution is -2.33. The van der Waals surface area contributed by atoms with Crippen LogP contribution in [0.25, 0.3) is 67.5 Å². The highest BCUT2D eigenvalue weighted by atomic mass is 32.1. The molecule has 2 aliphatic carbocycles. The van der Waals surface area contributed by atoms with Crippen LogP contribution in [0.1, 0.15) is 189 Å². The number of nitrogens with zero attached hydrogens (tertiary/aromatic N) is 12. The van der Waals surface area contributed by atoms with Crippen LogP contribution in [0.4, 0.5) is 30.8 Å². The van der Waals surface area contributed by atoms with Crippen LogP contribution >= 0.6 is 68.0 Å². The summed E-state index contributed by atoms with van der Waals surface area (Å²) in [5.74, 6) is 1.25. The third-order valence-corrected chi connectivity index (χ3v) is 27.7. The lowest BCUT2D eigenvalue weighted by molar-refractivity contribution is -0.123. The largest absolute Gasteiger partial charge is 0.459 e. The lowest BCUT2D eigenvalue weighted by atomic mass is 9.88. The lowest BCUT2D eigenvalue weighted by Gasteiger charge is -2.24. The second kappa shape index (κ2) is 52.8. The van der Waals surface area contributed by atoms with Crippen LogP contribution in [0.2, 0.25) is 0 Å². The van der Waals surface area contributed by atoms with Gasteiger partial charge in [0.1, 0.15) is 0 Å². The van der Waals surface area contributed by atoms with Gasteiger partial charge in [0.05, 0.1) is 40.4 Å². The van der Waals surface area contributed by atoms with Crippen LogP contribution in [0, 0.1) is 11.8 Å². The van der Waals surface area contributed by atoms with E-state index in [1.54, 1.807) is 48.6 Å². The number of benzene rings is 7. The van der Waals surface area contributed by atoms with E-state index in [4.69, 9.17) is 4.42 Å². The molecular weight excluding hydrogens is 1720 g/mol. The predicted molar refractivity (Wildman–Crippen MR) is 539 cm³/mol. The van der Waals surface area contributed by atoms with Gasteiger partial charge in [0.25, 0.3) is 11.8 Å². The molecule has 0 bridgehead atoms. The molecule has 7 aromatic heterocycles. The van der Waals surface area contributed by atoms with Gasteiger partial charge in [0, 0.05) is 138 Å². The maximum Gasteiger partial charge on any atom is 0.295 e. The summed E-state index contributed by atoms with van der Waals surface area (Å²) in [5.41, 5.74) is 12.7. The van der Waals surface area contributed by atoms with Gasteiger partial charge in [0.2, 0.25) is 23.6 Å². The molecule has 19 nitrogen and oxygen atoms in total. The number of rotatable bonds is 31. The van der Waals surface area contributed by atoms with Gasteiger partial charge in [-0.1, -0.05) is 310 Å². The fraction of sp³-hybridized carbons (Fsp3) is 0.327. The minimum absolute atomic E-state index is 0.0513. The van der Waals surface area contributed by atoms with Crippen molar-refractivity contribution >= 4 is 134 Å².